The molecule has 0 fully saturated rings. The van der Waals surface area contributed by atoms with Gasteiger partial charge in [0.2, 0.25) is 5.01 Å². The summed E-state index contributed by atoms with van der Waals surface area (Å²) in [6.07, 6.45) is 0. The van der Waals surface area contributed by atoms with Crippen LogP contribution in [-0.4, -0.2) is 23.5 Å². The molecule has 0 bridgehead atoms. The first-order valence-electron chi connectivity index (χ1n) is 6.87. The first-order chi connectivity index (χ1) is 10.5. The molecule has 0 saturated heterocycles. The Morgan fingerprint density at radius 3 is 2.68 bits per heavy atom. The SMILES string of the molecule is CCOC(=O)c1nc(COC(=O)c2cc(C)ccc2C)cs1. The van der Waals surface area contributed by atoms with Crippen LogP contribution < -0.4 is 0 Å². The predicted octanol–water partition coefficient (Wildman–Crippen LogP) is 3.29. The standard InChI is InChI=1S/C16H17NO4S/c1-4-20-16(19)14-17-12(9-22-14)8-21-15(18)13-7-10(2)5-6-11(13)3/h5-7,9H,4,8H2,1-3H3. The van der Waals surface area contributed by atoms with Crippen LogP contribution in [0, 0.1) is 13.8 Å². The van der Waals surface area contributed by atoms with Gasteiger partial charge in [-0.2, -0.15) is 0 Å². The van der Waals surface area contributed by atoms with Crippen LogP contribution in [0.5, 0.6) is 0 Å². The number of thiazole rings is 1. The van der Waals surface area contributed by atoms with Gasteiger partial charge >= 0.3 is 11.9 Å². The zero-order chi connectivity index (χ0) is 16.1. The smallest absolute Gasteiger partial charge is 0.367 e. The Morgan fingerprint density at radius 2 is 1.95 bits per heavy atom. The molecule has 0 N–H and O–H groups in total. The van der Waals surface area contributed by atoms with Crippen molar-refractivity contribution < 1.29 is 19.1 Å². The van der Waals surface area contributed by atoms with Crippen LogP contribution in [-0.2, 0) is 16.1 Å². The average Bonchev–Trinajstić information content (AvgIpc) is 2.96. The summed E-state index contributed by atoms with van der Waals surface area (Å²) in [5.41, 5.74) is 2.93. The monoisotopic (exact) mass is 319 g/mol. The van der Waals surface area contributed by atoms with Crippen molar-refractivity contribution in [1.82, 2.24) is 4.98 Å². The zero-order valence-electron chi connectivity index (χ0n) is 12.7. The molecule has 116 valence electrons. The number of ether oxygens (including phenoxy) is 2. The molecule has 0 aliphatic rings. The maximum atomic E-state index is 12.1. The number of hydrogen-bond acceptors (Lipinski definition) is 6. The van der Waals surface area contributed by atoms with E-state index in [2.05, 4.69) is 4.98 Å². The largest absolute Gasteiger partial charge is 0.461 e. The Bertz CT molecular complexity index is 693. The lowest BCUT2D eigenvalue weighted by molar-refractivity contribution is 0.0467. The fraction of sp³-hybridized carbons (Fsp3) is 0.312. The van der Waals surface area contributed by atoms with Crippen LogP contribution >= 0.6 is 11.3 Å². The molecular weight excluding hydrogens is 302 g/mol. The van der Waals surface area contributed by atoms with E-state index < -0.39 is 11.9 Å². The van der Waals surface area contributed by atoms with Gasteiger partial charge in [-0.25, -0.2) is 14.6 Å². The second-order valence-electron chi connectivity index (χ2n) is 4.76. The van der Waals surface area contributed by atoms with Gasteiger partial charge in [0, 0.05) is 5.38 Å². The summed E-state index contributed by atoms with van der Waals surface area (Å²) in [7, 11) is 0. The van der Waals surface area contributed by atoms with Gasteiger partial charge in [-0.3, -0.25) is 0 Å². The molecule has 22 heavy (non-hydrogen) atoms. The van der Waals surface area contributed by atoms with Crippen molar-refractivity contribution in [3.63, 3.8) is 0 Å². The minimum atomic E-state index is -0.459. The maximum absolute atomic E-state index is 12.1. The second-order valence-corrected chi connectivity index (χ2v) is 5.62. The highest BCUT2D eigenvalue weighted by Gasteiger charge is 2.15. The van der Waals surface area contributed by atoms with Gasteiger partial charge in [-0.15, -0.1) is 11.3 Å². The van der Waals surface area contributed by atoms with Crippen LogP contribution in [0.25, 0.3) is 0 Å². The van der Waals surface area contributed by atoms with Crippen LogP contribution in [0.3, 0.4) is 0 Å². The maximum Gasteiger partial charge on any atom is 0.367 e. The minimum absolute atomic E-state index is 0.0299. The number of carbonyl (C=O) groups is 2. The zero-order valence-corrected chi connectivity index (χ0v) is 13.5. The van der Waals surface area contributed by atoms with Crippen molar-refractivity contribution >= 4 is 23.3 Å². The van der Waals surface area contributed by atoms with Crippen molar-refractivity contribution in [2.45, 2.75) is 27.4 Å². The normalized spacial score (nSPS) is 10.3. The van der Waals surface area contributed by atoms with Crippen molar-refractivity contribution in [3.8, 4) is 0 Å². The topological polar surface area (TPSA) is 65.5 Å². The van der Waals surface area contributed by atoms with E-state index in [0.717, 1.165) is 11.1 Å². The summed E-state index contributed by atoms with van der Waals surface area (Å²) in [6, 6.07) is 5.62. The van der Waals surface area contributed by atoms with Gasteiger partial charge in [0.15, 0.2) is 0 Å². The van der Waals surface area contributed by atoms with Gasteiger partial charge in [0.1, 0.15) is 6.61 Å². The summed E-state index contributed by atoms with van der Waals surface area (Å²) >= 11 is 1.17. The third-order valence-corrected chi connectivity index (χ3v) is 3.84. The van der Waals surface area contributed by atoms with Gasteiger partial charge in [0.25, 0.3) is 0 Å². The molecule has 0 atom stereocenters. The van der Waals surface area contributed by atoms with Crippen LogP contribution in [0.1, 0.15) is 43.9 Å². The minimum Gasteiger partial charge on any atom is -0.461 e. The first-order valence-corrected chi connectivity index (χ1v) is 7.75. The molecule has 0 aliphatic carbocycles. The van der Waals surface area contributed by atoms with Crippen LogP contribution in [0.2, 0.25) is 0 Å². The summed E-state index contributed by atoms with van der Waals surface area (Å²) < 4.78 is 10.1. The molecule has 0 radical (unpaired) electrons. The summed E-state index contributed by atoms with van der Waals surface area (Å²) in [5.74, 6) is -0.855. The van der Waals surface area contributed by atoms with E-state index >= 15 is 0 Å². The Balaban J connectivity index is 1.99. The van der Waals surface area contributed by atoms with Gasteiger partial charge in [-0.1, -0.05) is 17.7 Å². The van der Waals surface area contributed by atoms with E-state index in [9.17, 15) is 9.59 Å². The average molecular weight is 319 g/mol. The summed E-state index contributed by atoms with van der Waals surface area (Å²) in [5, 5.41) is 1.95. The van der Waals surface area contributed by atoms with Crippen molar-refractivity contribution in [2.75, 3.05) is 6.61 Å². The number of nitrogens with zero attached hydrogens (tertiary/aromatic N) is 1. The number of benzene rings is 1. The molecule has 0 unspecified atom stereocenters. The number of aryl methyl sites for hydroxylation is 2. The third kappa shape index (κ3) is 3.92. The van der Waals surface area contributed by atoms with Gasteiger partial charge in [-0.05, 0) is 32.4 Å². The van der Waals surface area contributed by atoms with Crippen LogP contribution in [0.4, 0.5) is 0 Å². The van der Waals surface area contributed by atoms with E-state index in [1.807, 2.05) is 26.0 Å². The van der Waals surface area contributed by atoms with Gasteiger partial charge in [0.05, 0.1) is 17.9 Å². The number of carbonyl (C=O) groups excluding carboxylic acids is 2. The molecule has 1 heterocycles. The van der Waals surface area contributed by atoms with E-state index in [1.54, 1.807) is 18.4 Å². The molecule has 6 heteroatoms. The van der Waals surface area contributed by atoms with Gasteiger partial charge < -0.3 is 9.47 Å². The van der Waals surface area contributed by atoms with Crippen molar-refractivity contribution in [3.05, 3.63) is 51.0 Å². The van der Waals surface area contributed by atoms with E-state index in [1.165, 1.54) is 11.3 Å². The third-order valence-electron chi connectivity index (χ3n) is 2.97. The summed E-state index contributed by atoms with van der Waals surface area (Å²) in [6.45, 7) is 5.84. The number of hydrogen-bond donors (Lipinski definition) is 0. The fourth-order valence-electron chi connectivity index (χ4n) is 1.83. The molecule has 0 spiro atoms. The Kier molecular flexibility index (Phi) is 5.27. The quantitative estimate of drug-likeness (QED) is 0.791. The Morgan fingerprint density at radius 1 is 1.18 bits per heavy atom. The molecule has 5 nitrogen and oxygen atoms in total. The lowest BCUT2D eigenvalue weighted by Gasteiger charge is -2.06. The van der Waals surface area contributed by atoms with E-state index in [4.69, 9.17) is 9.47 Å². The molecule has 0 amide bonds. The highest BCUT2D eigenvalue weighted by molar-refractivity contribution is 7.11. The second kappa shape index (κ2) is 7.17. The first kappa shape index (κ1) is 16.2. The Hall–Kier alpha value is -2.21. The van der Waals surface area contributed by atoms with Crippen LogP contribution in [0.15, 0.2) is 23.6 Å². The highest BCUT2D eigenvalue weighted by atomic mass is 32.1. The van der Waals surface area contributed by atoms with E-state index in [0.29, 0.717) is 17.9 Å². The number of aromatic nitrogens is 1. The lowest BCUT2D eigenvalue weighted by atomic mass is 10.1. The number of rotatable bonds is 5. The predicted molar refractivity (Wildman–Crippen MR) is 83.1 cm³/mol. The molecular formula is C16H17NO4S. The molecule has 0 aliphatic heterocycles. The molecule has 1 aromatic carbocycles. The van der Waals surface area contributed by atoms with Crippen molar-refractivity contribution in [2.24, 2.45) is 0 Å². The lowest BCUT2D eigenvalue weighted by Crippen LogP contribution is -2.08. The van der Waals surface area contributed by atoms with E-state index in [-0.39, 0.29) is 11.6 Å². The fourth-order valence-corrected chi connectivity index (χ4v) is 2.53. The highest BCUT2D eigenvalue weighted by Crippen LogP contribution is 2.15. The summed E-state index contributed by atoms with van der Waals surface area (Å²) in [4.78, 5) is 27.7. The Labute approximate surface area is 132 Å². The van der Waals surface area contributed by atoms with Crippen molar-refractivity contribution in [1.29, 1.82) is 0 Å². The molecule has 2 rings (SSSR count). The molecule has 2 aromatic rings. The molecule has 1 aromatic heterocycles. The number of esters is 2. The molecule has 0 saturated carbocycles.